The fourth-order valence-corrected chi connectivity index (χ4v) is 1.96. The first-order valence-corrected chi connectivity index (χ1v) is 5.95. The topological polar surface area (TPSA) is 45.6 Å². The number of aliphatic hydroxyl groups excluding tert-OH is 1. The number of hydrogen-bond acceptors (Lipinski definition) is 4. The summed E-state index contributed by atoms with van der Waals surface area (Å²) in [6.07, 6.45) is 1.76. The van der Waals surface area contributed by atoms with E-state index in [2.05, 4.69) is 20.9 Å². The average molecular weight is 289 g/mol. The van der Waals surface area contributed by atoms with Crippen molar-refractivity contribution in [1.29, 1.82) is 0 Å². The standard InChI is InChI=1S/C11H17BrN2O2/c1-9-7-10(12)8-13-11(9)14(3-5-15)4-6-16-2/h7-8,15H,3-6H2,1-2H3. The largest absolute Gasteiger partial charge is 0.395 e. The minimum Gasteiger partial charge on any atom is -0.395 e. The molecule has 0 amide bonds. The van der Waals surface area contributed by atoms with Gasteiger partial charge in [-0.3, -0.25) is 0 Å². The van der Waals surface area contributed by atoms with E-state index in [0.717, 1.165) is 22.4 Å². The third-order valence-electron chi connectivity index (χ3n) is 2.25. The summed E-state index contributed by atoms with van der Waals surface area (Å²) in [4.78, 5) is 6.38. The van der Waals surface area contributed by atoms with E-state index < -0.39 is 0 Å². The Morgan fingerprint density at radius 1 is 1.50 bits per heavy atom. The summed E-state index contributed by atoms with van der Waals surface area (Å²) < 4.78 is 6.01. The number of pyridine rings is 1. The van der Waals surface area contributed by atoms with Gasteiger partial charge in [-0.05, 0) is 34.5 Å². The Morgan fingerprint density at radius 3 is 2.81 bits per heavy atom. The lowest BCUT2D eigenvalue weighted by atomic mass is 10.2. The quantitative estimate of drug-likeness (QED) is 0.864. The van der Waals surface area contributed by atoms with Gasteiger partial charge in [-0.1, -0.05) is 0 Å². The van der Waals surface area contributed by atoms with Gasteiger partial charge >= 0.3 is 0 Å². The molecule has 0 aliphatic rings. The molecule has 1 heterocycles. The van der Waals surface area contributed by atoms with E-state index in [1.165, 1.54) is 0 Å². The number of nitrogens with zero attached hydrogens (tertiary/aromatic N) is 2. The van der Waals surface area contributed by atoms with E-state index >= 15 is 0 Å². The van der Waals surface area contributed by atoms with Crippen LogP contribution in [0.2, 0.25) is 0 Å². The van der Waals surface area contributed by atoms with Gasteiger partial charge in [0, 0.05) is 30.9 Å². The van der Waals surface area contributed by atoms with Crippen molar-refractivity contribution < 1.29 is 9.84 Å². The molecule has 0 radical (unpaired) electrons. The Kier molecular flexibility index (Phi) is 5.73. The molecule has 0 aliphatic heterocycles. The van der Waals surface area contributed by atoms with Crippen LogP contribution >= 0.6 is 15.9 Å². The summed E-state index contributed by atoms with van der Waals surface area (Å²) in [6.45, 7) is 4.04. The second-order valence-electron chi connectivity index (χ2n) is 3.50. The molecule has 0 unspecified atom stereocenters. The molecule has 1 aromatic rings. The average Bonchev–Trinajstić information content (AvgIpc) is 2.25. The normalized spacial score (nSPS) is 10.5. The van der Waals surface area contributed by atoms with Crippen molar-refractivity contribution in [3.8, 4) is 0 Å². The van der Waals surface area contributed by atoms with Gasteiger partial charge in [0.2, 0.25) is 0 Å². The minimum absolute atomic E-state index is 0.112. The van der Waals surface area contributed by atoms with Gasteiger partial charge in [-0.2, -0.15) is 0 Å². The molecule has 1 N–H and O–H groups in total. The van der Waals surface area contributed by atoms with Crippen molar-refractivity contribution in [2.45, 2.75) is 6.92 Å². The highest BCUT2D eigenvalue weighted by Crippen LogP contribution is 2.20. The van der Waals surface area contributed by atoms with Crippen molar-refractivity contribution in [3.63, 3.8) is 0 Å². The monoisotopic (exact) mass is 288 g/mol. The van der Waals surface area contributed by atoms with Crippen LogP contribution in [0.4, 0.5) is 5.82 Å². The number of aryl methyl sites for hydroxylation is 1. The zero-order valence-electron chi connectivity index (χ0n) is 9.61. The van der Waals surface area contributed by atoms with Crippen LogP contribution in [0.1, 0.15) is 5.56 Å². The van der Waals surface area contributed by atoms with Gasteiger partial charge in [0.1, 0.15) is 5.82 Å². The summed E-state index contributed by atoms with van der Waals surface area (Å²) in [5.74, 6) is 0.898. The molecule has 0 aliphatic carbocycles. The van der Waals surface area contributed by atoms with Crippen LogP contribution in [-0.2, 0) is 4.74 Å². The van der Waals surface area contributed by atoms with Crippen LogP contribution in [0.15, 0.2) is 16.7 Å². The van der Waals surface area contributed by atoms with E-state index in [1.54, 1.807) is 13.3 Å². The Hall–Kier alpha value is -0.650. The van der Waals surface area contributed by atoms with E-state index in [-0.39, 0.29) is 6.61 Å². The molecule has 1 aromatic heterocycles. The molecule has 0 saturated heterocycles. The second kappa shape index (κ2) is 6.83. The van der Waals surface area contributed by atoms with Crippen molar-refractivity contribution >= 4 is 21.7 Å². The molecular weight excluding hydrogens is 272 g/mol. The highest BCUT2D eigenvalue weighted by Gasteiger charge is 2.10. The van der Waals surface area contributed by atoms with Crippen LogP contribution in [0.5, 0.6) is 0 Å². The summed E-state index contributed by atoms with van der Waals surface area (Å²) >= 11 is 3.38. The highest BCUT2D eigenvalue weighted by molar-refractivity contribution is 9.10. The first-order valence-electron chi connectivity index (χ1n) is 5.16. The number of anilines is 1. The van der Waals surface area contributed by atoms with Gasteiger partial charge in [0.05, 0.1) is 13.2 Å². The molecule has 16 heavy (non-hydrogen) atoms. The Morgan fingerprint density at radius 2 is 2.25 bits per heavy atom. The fraction of sp³-hybridized carbons (Fsp3) is 0.545. The van der Waals surface area contributed by atoms with Crippen molar-refractivity contribution in [2.75, 3.05) is 38.3 Å². The summed E-state index contributed by atoms with van der Waals surface area (Å²) in [6, 6.07) is 2.01. The van der Waals surface area contributed by atoms with Gasteiger partial charge in [0.25, 0.3) is 0 Å². The maximum absolute atomic E-state index is 9.02. The van der Waals surface area contributed by atoms with E-state index in [0.29, 0.717) is 13.2 Å². The van der Waals surface area contributed by atoms with Gasteiger partial charge in [0.15, 0.2) is 0 Å². The minimum atomic E-state index is 0.112. The molecule has 0 saturated carbocycles. The van der Waals surface area contributed by atoms with Gasteiger partial charge in [-0.25, -0.2) is 4.98 Å². The van der Waals surface area contributed by atoms with Crippen LogP contribution in [0.25, 0.3) is 0 Å². The first kappa shape index (κ1) is 13.4. The molecule has 1 rings (SSSR count). The Labute approximate surface area is 104 Å². The first-order chi connectivity index (χ1) is 7.69. The number of halogens is 1. The van der Waals surface area contributed by atoms with Gasteiger partial charge in [-0.15, -0.1) is 0 Å². The van der Waals surface area contributed by atoms with Crippen LogP contribution in [0.3, 0.4) is 0 Å². The number of aliphatic hydroxyl groups is 1. The summed E-state index contributed by atoms with van der Waals surface area (Å²) in [7, 11) is 1.67. The summed E-state index contributed by atoms with van der Waals surface area (Å²) in [5, 5.41) is 9.02. The molecule has 0 bridgehead atoms. The molecular formula is C11H17BrN2O2. The number of hydrogen-bond donors (Lipinski definition) is 1. The van der Waals surface area contributed by atoms with E-state index in [1.807, 2.05) is 17.9 Å². The lowest BCUT2D eigenvalue weighted by Gasteiger charge is -2.24. The van der Waals surface area contributed by atoms with Crippen molar-refractivity contribution in [3.05, 3.63) is 22.3 Å². The number of methoxy groups -OCH3 is 1. The second-order valence-corrected chi connectivity index (χ2v) is 4.41. The van der Waals surface area contributed by atoms with Crippen molar-refractivity contribution in [1.82, 2.24) is 4.98 Å². The molecule has 90 valence electrons. The van der Waals surface area contributed by atoms with Crippen LogP contribution < -0.4 is 4.90 Å². The number of rotatable bonds is 6. The smallest absolute Gasteiger partial charge is 0.131 e. The lowest BCUT2D eigenvalue weighted by Crippen LogP contribution is -2.31. The highest BCUT2D eigenvalue weighted by atomic mass is 79.9. The van der Waals surface area contributed by atoms with E-state index in [9.17, 15) is 0 Å². The van der Waals surface area contributed by atoms with Crippen LogP contribution in [-0.4, -0.2) is 43.5 Å². The molecule has 0 atom stereocenters. The molecule has 0 aromatic carbocycles. The maximum atomic E-state index is 9.02. The summed E-state index contributed by atoms with van der Waals surface area (Å²) in [5.41, 5.74) is 1.08. The zero-order chi connectivity index (χ0) is 12.0. The van der Waals surface area contributed by atoms with Crippen LogP contribution in [0, 0.1) is 6.92 Å². The third-order valence-corrected chi connectivity index (χ3v) is 2.69. The zero-order valence-corrected chi connectivity index (χ0v) is 11.2. The molecule has 0 fully saturated rings. The molecule has 0 spiro atoms. The number of aromatic nitrogens is 1. The Bertz CT molecular complexity index is 334. The predicted molar refractivity (Wildman–Crippen MR) is 67.8 cm³/mol. The molecule has 5 heteroatoms. The molecule has 4 nitrogen and oxygen atoms in total. The SMILES string of the molecule is COCCN(CCO)c1ncc(Br)cc1C. The third kappa shape index (κ3) is 3.73. The fourth-order valence-electron chi connectivity index (χ4n) is 1.51. The lowest BCUT2D eigenvalue weighted by molar-refractivity contribution is 0.202. The van der Waals surface area contributed by atoms with Gasteiger partial charge < -0.3 is 14.7 Å². The van der Waals surface area contributed by atoms with Crippen molar-refractivity contribution in [2.24, 2.45) is 0 Å². The number of ether oxygens (including phenoxy) is 1. The maximum Gasteiger partial charge on any atom is 0.131 e. The Balaban J connectivity index is 2.82. The van der Waals surface area contributed by atoms with E-state index in [4.69, 9.17) is 9.84 Å². The predicted octanol–water partition coefficient (Wildman–Crippen LogP) is 1.60.